The zero-order valence-corrected chi connectivity index (χ0v) is 15.0. The van der Waals surface area contributed by atoms with E-state index in [0.29, 0.717) is 30.7 Å². The minimum absolute atomic E-state index is 0.0241. The van der Waals surface area contributed by atoms with Crippen molar-refractivity contribution in [3.05, 3.63) is 41.2 Å². The van der Waals surface area contributed by atoms with Gasteiger partial charge in [0, 0.05) is 13.2 Å². The van der Waals surface area contributed by atoms with Gasteiger partial charge in [0.05, 0.1) is 6.04 Å². The summed E-state index contributed by atoms with van der Waals surface area (Å²) in [6.45, 7) is 0.0114. The molecular formula is C15H21BF2N6O4. The van der Waals surface area contributed by atoms with Crippen LogP contribution in [0.15, 0.2) is 18.2 Å². The molecule has 5 N–H and O–H groups in total. The number of nitrogens with two attached hydrogens (primary N) is 1. The first-order chi connectivity index (χ1) is 13.4. The molecule has 1 heterocycles. The average Bonchev–Trinajstić information content (AvgIpc) is 3.10. The van der Waals surface area contributed by atoms with Crippen LogP contribution in [0, 0.1) is 11.6 Å². The third-order valence-electron chi connectivity index (χ3n) is 3.83. The Labute approximate surface area is 159 Å². The van der Waals surface area contributed by atoms with Gasteiger partial charge in [0.1, 0.15) is 6.54 Å². The van der Waals surface area contributed by atoms with E-state index in [9.17, 15) is 13.6 Å². The van der Waals surface area contributed by atoms with Crippen LogP contribution >= 0.6 is 0 Å². The number of carbonyl (C=O) groups is 1. The Morgan fingerprint density at radius 3 is 2.82 bits per heavy atom. The van der Waals surface area contributed by atoms with E-state index in [1.165, 1.54) is 10.7 Å². The van der Waals surface area contributed by atoms with Gasteiger partial charge in [-0.05, 0) is 47.4 Å². The normalized spacial score (nSPS) is 12.0. The molecule has 1 amide bonds. The third kappa shape index (κ3) is 6.92. The Balaban J connectivity index is 1.80. The van der Waals surface area contributed by atoms with Gasteiger partial charge >= 0.3 is 7.32 Å². The maximum atomic E-state index is 13.2. The van der Waals surface area contributed by atoms with Crippen LogP contribution in [0.25, 0.3) is 0 Å². The molecule has 13 heteroatoms. The van der Waals surface area contributed by atoms with Gasteiger partial charge in [-0.2, -0.15) is 0 Å². The van der Waals surface area contributed by atoms with Gasteiger partial charge in [-0.3, -0.25) is 4.79 Å². The highest BCUT2D eigenvalue weighted by molar-refractivity contribution is 6.32. The van der Waals surface area contributed by atoms with Crippen LogP contribution in [0.2, 0.25) is 0 Å². The van der Waals surface area contributed by atoms with Crippen LogP contribution in [0.5, 0.6) is 0 Å². The molecular weight excluding hydrogens is 377 g/mol. The van der Waals surface area contributed by atoms with Crippen LogP contribution in [0.4, 0.5) is 8.78 Å². The fourth-order valence-corrected chi connectivity index (χ4v) is 2.42. The van der Waals surface area contributed by atoms with Crippen molar-refractivity contribution in [2.45, 2.75) is 38.4 Å². The number of nitrogens with zero attached hydrogens (tertiary/aromatic N) is 4. The Hall–Kier alpha value is -2.48. The molecule has 0 aliphatic carbocycles. The van der Waals surface area contributed by atoms with Crippen molar-refractivity contribution >= 4 is 13.2 Å². The molecule has 0 spiro atoms. The number of halogens is 2. The standard InChI is InChI=1S/C15H21BF2N6O4/c17-11-5-4-10(7-12(11)18)8-20-14(25)9-24-15(21-22-23-24)13(19)3-1-2-6-28-16(26)27/h4-5,7,13,26-27H,1-3,6,8-9,19H2,(H,20,25). The summed E-state index contributed by atoms with van der Waals surface area (Å²) in [7, 11) is -1.80. The fraction of sp³-hybridized carbons (Fsp3) is 0.467. The van der Waals surface area contributed by atoms with Crippen LogP contribution < -0.4 is 11.1 Å². The zero-order valence-electron chi connectivity index (χ0n) is 15.0. The van der Waals surface area contributed by atoms with E-state index in [4.69, 9.17) is 15.8 Å². The molecule has 1 unspecified atom stereocenters. The Bertz CT molecular complexity index is 779. The minimum atomic E-state index is -1.80. The van der Waals surface area contributed by atoms with Gasteiger partial charge in [0.15, 0.2) is 17.5 Å². The molecule has 0 saturated carbocycles. The average molecular weight is 398 g/mol. The summed E-state index contributed by atoms with van der Waals surface area (Å²) in [5, 5.41) is 30.8. The molecule has 0 radical (unpaired) electrons. The predicted octanol–water partition coefficient (Wildman–Crippen LogP) is -0.576. The highest BCUT2D eigenvalue weighted by Gasteiger charge is 2.17. The predicted molar refractivity (Wildman–Crippen MR) is 92.9 cm³/mol. The van der Waals surface area contributed by atoms with Crippen LogP contribution in [-0.2, 0) is 22.5 Å². The summed E-state index contributed by atoms with van der Waals surface area (Å²) in [6, 6.07) is 2.85. The largest absolute Gasteiger partial charge is 0.633 e. The molecule has 2 rings (SSSR count). The van der Waals surface area contributed by atoms with Crippen molar-refractivity contribution in [2.75, 3.05) is 6.61 Å². The van der Waals surface area contributed by atoms with Crippen LogP contribution in [-0.4, -0.2) is 50.1 Å². The number of rotatable bonds is 11. The van der Waals surface area contributed by atoms with Gasteiger partial charge in [-0.1, -0.05) is 6.07 Å². The number of hydrogen-bond acceptors (Lipinski definition) is 8. The Morgan fingerprint density at radius 2 is 2.11 bits per heavy atom. The Kier molecular flexibility index (Phi) is 8.38. The minimum Gasteiger partial charge on any atom is -0.402 e. The topological polar surface area (TPSA) is 148 Å². The molecule has 0 fully saturated rings. The molecule has 10 nitrogen and oxygen atoms in total. The lowest BCUT2D eigenvalue weighted by atomic mass is 10.1. The van der Waals surface area contributed by atoms with E-state index < -0.39 is 30.9 Å². The zero-order chi connectivity index (χ0) is 20.5. The quantitative estimate of drug-likeness (QED) is 0.290. The van der Waals surface area contributed by atoms with Crippen LogP contribution in [0.3, 0.4) is 0 Å². The molecule has 2 aromatic rings. The fourth-order valence-electron chi connectivity index (χ4n) is 2.42. The van der Waals surface area contributed by atoms with Gasteiger partial charge in [-0.15, -0.1) is 5.10 Å². The highest BCUT2D eigenvalue weighted by atomic mass is 19.2. The van der Waals surface area contributed by atoms with E-state index in [2.05, 4.69) is 25.5 Å². The van der Waals surface area contributed by atoms with Crippen molar-refractivity contribution < 1.29 is 28.3 Å². The van der Waals surface area contributed by atoms with Gasteiger partial charge < -0.3 is 25.8 Å². The summed E-state index contributed by atoms with van der Waals surface area (Å²) in [5.41, 5.74) is 6.46. The van der Waals surface area contributed by atoms with Gasteiger partial charge in [-0.25, -0.2) is 13.5 Å². The summed E-state index contributed by atoms with van der Waals surface area (Å²) < 4.78 is 31.9. The lowest BCUT2D eigenvalue weighted by Crippen LogP contribution is -2.29. The van der Waals surface area contributed by atoms with Crippen molar-refractivity contribution in [3.63, 3.8) is 0 Å². The lowest BCUT2D eigenvalue weighted by Gasteiger charge is -2.12. The molecule has 1 aromatic heterocycles. The van der Waals surface area contributed by atoms with Gasteiger partial charge in [0.2, 0.25) is 5.91 Å². The second-order valence-electron chi connectivity index (χ2n) is 6.02. The number of amides is 1. The number of nitrogens with one attached hydrogen (secondary N) is 1. The monoisotopic (exact) mass is 398 g/mol. The summed E-state index contributed by atoms with van der Waals surface area (Å²) in [6.07, 6.45) is 1.69. The van der Waals surface area contributed by atoms with Crippen molar-refractivity contribution in [1.29, 1.82) is 0 Å². The van der Waals surface area contributed by atoms with E-state index in [-0.39, 0.29) is 19.7 Å². The lowest BCUT2D eigenvalue weighted by molar-refractivity contribution is -0.122. The van der Waals surface area contributed by atoms with E-state index in [0.717, 1.165) is 12.1 Å². The van der Waals surface area contributed by atoms with E-state index in [1.807, 2.05) is 0 Å². The summed E-state index contributed by atoms with van der Waals surface area (Å²) in [5.74, 6) is -2.04. The molecule has 1 aromatic carbocycles. The number of unbranched alkanes of at least 4 members (excludes halogenated alkanes) is 1. The number of hydrogen-bond donors (Lipinski definition) is 4. The number of tetrazole rings is 1. The molecule has 28 heavy (non-hydrogen) atoms. The number of aromatic nitrogens is 4. The first-order valence-corrected chi connectivity index (χ1v) is 8.57. The number of benzene rings is 1. The molecule has 0 aliphatic heterocycles. The number of carbonyl (C=O) groups excluding carboxylic acids is 1. The second kappa shape index (κ2) is 10.8. The molecule has 152 valence electrons. The molecule has 1 atom stereocenters. The summed E-state index contributed by atoms with van der Waals surface area (Å²) >= 11 is 0. The second-order valence-corrected chi connectivity index (χ2v) is 6.02. The maximum Gasteiger partial charge on any atom is 0.633 e. The van der Waals surface area contributed by atoms with Crippen molar-refractivity contribution in [1.82, 2.24) is 25.5 Å². The first kappa shape index (κ1) is 21.8. The molecule has 0 bridgehead atoms. The van der Waals surface area contributed by atoms with Crippen molar-refractivity contribution in [3.8, 4) is 0 Å². The van der Waals surface area contributed by atoms with E-state index in [1.54, 1.807) is 0 Å². The molecule has 0 aliphatic rings. The van der Waals surface area contributed by atoms with Gasteiger partial charge in [0.25, 0.3) is 0 Å². The van der Waals surface area contributed by atoms with E-state index >= 15 is 0 Å². The van der Waals surface area contributed by atoms with Crippen LogP contribution in [0.1, 0.15) is 36.7 Å². The smallest absolute Gasteiger partial charge is 0.402 e. The van der Waals surface area contributed by atoms with Crippen molar-refractivity contribution in [2.24, 2.45) is 5.73 Å². The highest BCUT2D eigenvalue weighted by Crippen LogP contribution is 2.14. The molecule has 0 saturated heterocycles. The first-order valence-electron chi connectivity index (χ1n) is 8.57. The summed E-state index contributed by atoms with van der Waals surface area (Å²) in [4.78, 5) is 12.1. The maximum absolute atomic E-state index is 13.2. The third-order valence-corrected chi connectivity index (χ3v) is 3.83. The Morgan fingerprint density at radius 1 is 1.32 bits per heavy atom. The SMILES string of the molecule is NC(CCCCOB(O)O)c1nnnn1CC(=O)NCc1ccc(F)c(F)c1.